The van der Waals surface area contributed by atoms with E-state index in [-0.39, 0.29) is 12.5 Å². The van der Waals surface area contributed by atoms with E-state index in [0.717, 1.165) is 12.0 Å². The normalized spacial score (nSPS) is 10.1. The van der Waals surface area contributed by atoms with E-state index < -0.39 is 5.97 Å². The molecule has 0 atom stereocenters. The summed E-state index contributed by atoms with van der Waals surface area (Å²) in [7, 11) is 2.91. The second kappa shape index (κ2) is 5.82. The number of amides is 1. The van der Waals surface area contributed by atoms with Crippen molar-refractivity contribution < 1.29 is 14.3 Å². The number of ether oxygens (including phenoxy) is 1. The number of likely N-dealkylation sites (N-methyl/N-ethyl adjacent to an activating group) is 1. The second-order valence-corrected chi connectivity index (χ2v) is 4.94. The number of carbonyl (C=O) groups excluding carboxylic acids is 2. The topological polar surface area (TPSA) is 46.6 Å². The predicted octanol–water partition coefficient (Wildman–Crippen LogP) is 1.86. The van der Waals surface area contributed by atoms with Gasteiger partial charge in [0.2, 0.25) is 0 Å². The minimum Gasteiger partial charge on any atom is -0.468 e. The van der Waals surface area contributed by atoms with Crippen molar-refractivity contribution in [3.05, 3.63) is 21.4 Å². The average molecular weight is 255 g/mol. The first kappa shape index (κ1) is 13.7. The molecule has 1 aromatic rings. The monoisotopic (exact) mass is 255 g/mol. The van der Waals surface area contributed by atoms with Crippen LogP contribution in [0.1, 0.15) is 27.0 Å². The van der Waals surface area contributed by atoms with Crippen LogP contribution in [-0.4, -0.2) is 37.5 Å². The smallest absolute Gasteiger partial charge is 0.325 e. The predicted molar refractivity (Wildman–Crippen MR) is 67.4 cm³/mol. The van der Waals surface area contributed by atoms with Crippen LogP contribution in [0.4, 0.5) is 0 Å². The Labute approximate surface area is 105 Å². The molecule has 0 spiro atoms. The van der Waals surface area contributed by atoms with Crippen molar-refractivity contribution in [2.24, 2.45) is 0 Å². The van der Waals surface area contributed by atoms with Crippen molar-refractivity contribution in [2.75, 3.05) is 20.7 Å². The molecule has 0 bridgehead atoms. The van der Waals surface area contributed by atoms with Crippen LogP contribution in [0.15, 0.2) is 6.07 Å². The Morgan fingerprint density at radius 1 is 1.47 bits per heavy atom. The highest BCUT2D eigenvalue weighted by molar-refractivity contribution is 7.14. The van der Waals surface area contributed by atoms with Gasteiger partial charge < -0.3 is 9.64 Å². The number of hydrogen-bond donors (Lipinski definition) is 0. The molecule has 0 fully saturated rings. The minimum absolute atomic E-state index is 0.0201. The number of hydrogen-bond acceptors (Lipinski definition) is 4. The Balaban J connectivity index is 2.78. The zero-order valence-corrected chi connectivity index (χ0v) is 11.4. The standard InChI is InChI=1S/C12H17NO3S/c1-5-9-8(2)6-10(17-9)12(15)13(3)7-11(14)16-4/h6H,5,7H2,1-4H3. The lowest BCUT2D eigenvalue weighted by atomic mass is 10.2. The number of esters is 1. The molecule has 1 aromatic heterocycles. The molecule has 0 unspecified atom stereocenters. The third kappa shape index (κ3) is 3.30. The third-order valence-corrected chi connectivity index (χ3v) is 3.86. The van der Waals surface area contributed by atoms with E-state index in [1.54, 1.807) is 7.05 Å². The molecule has 0 N–H and O–H groups in total. The summed E-state index contributed by atoms with van der Waals surface area (Å²) in [6.45, 7) is 4.03. The highest BCUT2D eigenvalue weighted by Gasteiger charge is 2.18. The number of rotatable bonds is 4. The molecular formula is C12H17NO3S. The summed E-state index contributed by atoms with van der Waals surface area (Å²) >= 11 is 1.49. The first-order chi connectivity index (χ1) is 7.99. The van der Waals surface area contributed by atoms with Crippen molar-refractivity contribution in [3.63, 3.8) is 0 Å². The van der Waals surface area contributed by atoms with Crippen molar-refractivity contribution in [2.45, 2.75) is 20.3 Å². The summed E-state index contributed by atoms with van der Waals surface area (Å²) in [6.07, 6.45) is 0.921. The molecule has 1 heterocycles. The second-order valence-electron chi connectivity index (χ2n) is 3.81. The van der Waals surface area contributed by atoms with Crippen LogP contribution < -0.4 is 0 Å². The molecule has 0 aliphatic heterocycles. The molecule has 1 rings (SSSR count). The molecule has 0 aromatic carbocycles. The zero-order valence-electron chi connectivity index (χ0n) is 10.6. The molecule has 17 heavy (non-hydrogen) atoms. The molecule has 0 saturated heterocycles. The van der Waals surface area contributed by atoms with Gasteiger partial charge in [-0.3, -0.25) is 9.59 Å². The summed E-state index contributed by atoms with van der Waals surface area (Å²) in [4.78, 5) is 26.3. The van der Waals surface area contributed by atoms with Crippen LogP contribution in [0.25, 0.3) is 0 Å². The molecule has 0 saturated carbocycles. The minimum atomic E-state index is -0.412. The summed E-state index contributed by atoms with van der Waals surface area (Å²) in [5.41, 5.74) is 1.13. The van der Waals surface area contributed by atoms with E-state index in [1.807, 2.05) is 13.0 Å². The first-order valence-electron chi connectivity index (χ1n) is 5.41. The highest BCUT2D eigenvalue weighted by Crippen LogP contribution is 2.23. The molecule has 1 amide bonds. The number of thiophene rings is 1. The number of aryl methyl sites for hydroxylation is 2. The SMILES string of the molecule is CCc1sc(C(=O)N(C)CC(=O)OC)cc1C. The van der Waals surface area contributed by atoms with E-state index in [1.165, 1.54) is 28.2 Å². The zero-order chi connectivity index (χ0) is 13.0. The van der Waals surface area contributed by atoms with Gasteiger partial charge >= 0.3 is 5.97 Å². The maximum atomic E-state index is 12.0. The summed E-state index contributed by atoms with van der Waals surface area (Å²) in [6, 6.07) is 1.87. The van der Waals surface area contributed by atoms with Crippen molar-refractivity contribution in [1.29, 1.82) is 0 Å². The van der Waals surface area contributed by atoms with Gasteiger partial charge in [-0.2, -0.15) is 0 Å². The van der Waals surface area contributed by atoms with E-state index in [4.69, 9.17) is 0 Å². The fourth-order valence-electron chi connectivity index (χ4n) is 1.49. The summed E-state index contributed by atoms with van der Waals surface area (Å²) in [5, 5.41) is 0. The lowest BCUT2D eigenvalue weighted by Crippen LogP contribution is -2.32. The largest absolute Gasteiger partial charge is 0.468 e. The Kier molecular flexibility index (Phi) is 4.69. The lowest BCUT2D eigenvalue weighted by molar-refractivity contribution is -0.141. The highest BCUT2D eigenvalue weighted by atomic mass is 32.1. The number of nitrogens with zero attached hydrogens (tertiary/aromatic N) is 1. The van der Waals surface area contributed by atoms with Gasteiger partial charge in [-0.05, 0) is 25.0 Å². The van der Waals surface area contributed by atoms with Crippen LogP contribution in [-0.2, 0) is 16.0 Å². The van der Waals surface area contributed by atoms with Crippen molar-refractivity contribution in [1.82, 2.24) is 4.90 Å². The lowest BCUT2D eigenvalue weighted by Gasteiger charge is -2.14. The fraction of sp³-hybridized carbons (Fsp3) is 0.500. The molecule has 0 aliphatic carbocycles. The molecular weight excluding hydrogens is 238 g/mol. The van der Waals surface area contributed by atoms with E-state index in [2.05, 4.69) is 11.7 Å². The quantitative estimate of drug-likeness (QED) is 0.772. The summed E-state index contributed by atoms with van der Waals surface area (Å²) < 4.78 is 4.53. The van der Waals surface area contributed by atoms with Gasteiger partial charge in [0, 0.05) is 11.9 Å². The Morgan fingerprint density at radius 2 is 2.12 bits per heavy atom. The fourth-order valence-corrected chi connectivity index (χ4v) is 2.60. The van der Waals surface area contributed by atoms with Crippen molar-refractivity contribution >= 4 is 23.2 Å². The number of methoxy groups -OCH3 is 1. The molecule has 4 nitrogen and oxygen atoms in total. The molecule has 94 valence electrons. The van der Waals surface area contributed by atoms with Gasteiger partial charge in [-0.25, -0.2) is 0 Å². The van der Waals surface area contributed by atoms with Crippen molar-refractivity contribution in [3.8, 4) is 0 Å². The maximum Gasteiger partial charge on any atom is 0.325 e. The Hall–Kier alpha value is -1.36. The Morgan fingerprint density at radius 3 is 2.59 bits per heavy atom. The van der Waals surface area contributed by atoms with Crippen LogP contribution in [0.2, 0.25) is 0 Å². The van der Waals surface area contributed by atoms with Crippen LogP contribution in [0.5, 0.6) is 0 Å². The molecule has 0 aliphatic rings. The first-order valence-corrected chi connectivity index (χ1v) is 6.22. The third-order valence-electron chi connectivity index (χ3n) is 2.49. The van der Waals surface area contributed by atoms with E-state index in [0.29, 0.717) is 4.88 Å². The van der Waals surface area contributed by atoms with Crippen LogP contribution in [0.3, 0.4) is 0 Å². The van der Waals surface area contributed by atoms with Gasteiger partial charge in [0.15, 0.2) is 0 Å². The molecule has 5 heteroatoms. The van der Waals surface area contributed by atoms with Gasteiger partial charge in [0.1, 0.15) is 6.54 Å². The van der Waals surface area contributed by atoms with E-state index in [9.17, 15) is 9.59 Å². The number of carbonyl (C=O) groups is 2. The van der Waals surface area contributed by atoms with Gasteiger partial charge in [0.25, 0.3) is 5.91 Å². The molecule has 0 radical (unpaired) electrons. The summed E-state index contributed by atoms with van der Waals surface area (Å²) in [5.74, 6) is -0.548. The van der Waals surface area contributed by atoms with Gasteiger partial charge in [-0.15, -0.1) is 11.3 Å². The van der Waals surface area contributed by atoms with E-state index >= 15 is 0 Å². The van der Waals surface area contributed by atoms with Gasteiger partial charge in [0.05, 0.1) is 12.0 Å². The van der Waals surface area contributed by atoms with Gasteiger partial charge in [-0.1, -0.05) is 6.92 Å². The van der Waals surface area contributed by atoms with Crippen LogP contribution in [0, 0.1) is 6.92 Å². The maximum absolute atomic E-state index is 12.0. The Bertz CT molecular complexity index is 425. The van der Waals surface area contributed by atoms with Crippen LogP contribution >= 0.6 is 11.3 Å². The average Bonchev–Trinajstić information content (AvgIpc) is 2.69.